The smallest absolute Gasteiger partial charge is 0.205 e. The second kappa shape index (κ2) is 6.50. The predicted molar refractivity (Wildman–Crippen MR) is 88.0 cm³/mol. The fraction of sp³-hybridized carbons (Fsp3) is 0.188. The van der Waals surface area contributed by atoms with Crippen molar-refractivity contribution in [2.75, 3.05) is 0 Å². The molecule has 0 aliphatic carbocycles. The summed E-state index contributed by atoms with van der Waals surface area (Å²) in [6, 6.07) is 9.48. The van der Waals surface area contributed by atoms with Gasteiger partial charge in [-0.2, -0.15) is 0 Å². The van der Waals surface area contributed by atoms with Crippen molar-refractivity contribution in [3.05, 3.63) is 59.0 Å². The Hall–Kier alpha value is -1.85. The molecule has 0 bridgehead atoms. The van der Waals surface area contributed by atoms with Crippen molar-refractivity contribution in [1.29, 1.82) is 0 Å². The number of aryl methyl sites for hydroxylation is 2. The van der Waals surface area contributed by atoms with Gasteiger partial charge in [-0.1, -0.05) is 35.5 Å². The Balaban J connectivity index is 1.72. The highest BCUT2D eigenvalue weighted by Crippen LogP contribution is 2.26. The van der Waals surface area contributed by atoms with Gasteiger partial charge in [0.15, 0.2) is 5.76 Å². The second-order valence-corrected chi connectivity index (χ2v) is 6.24. The van der Waals surface area contributed by atoms with Gasteiger partial charge in [-0.3, -0.25) is 0 Å². The zero-order valence-electron chi connectivity index (χ0n) is 12.2. The number of rotatable bonds is 4. The molecule has 112 valence electrons. The van der Waals surface area contributed by atoms with Crippen LogP contribution in [0.4, 0.5) is 0 Å². The molecular formula is C16H14ClN3OS. The van der Waals surface area contributed by atoms with Crippen molar-refractivity contribution < 1.29 is 4.42 Å². The molecule has 2 heterocycles. The second-order valence-electron chi connectivity index (χ2n) is 4.81. The highest BCUT2D eigenvalue weighted by atomic mass is 35.5. The summed E-state index contributed by atoms with van der Waals surface area (Å²) < 4.78 is 5.77. The molecule has 0 fully saturated rings. The Morgan fingerprint density at radius 3 is 2.82 bits per heavy atom. The maximum atomic E-state index is 5.99. The van der Waals surface area contributed by atoms with Crippen LogP contribution in [-0.2, 0) is 5.75 Å². The Morgan fingerprint density at radius 2 is 2.05 bits per heavy atom. The lowest BCUT2D eigenvalue weighted by Gasteiger charge is -2.01. The Labute approximate surface area is 138 Å². The summed E-state index contributed by atoms with van der Waals surface area (Å²) in [7, 11) is 0. The van der Waals surface area contributed by atoms with Crippen LogP contribution >= 0.6 is 23.4 Å². The highest BCUT2D eigenvalue weighted by Gasteiger charge is 2.08. The minimum absolute atomic E-state index is 0.621. The number of hydrogen-bond donors (Lipinski definition) is 0. The first kappa shape index (κ1) is 15.1. The number of aromatic nitrogens is 3. The van der Waals surface area contributed by atoms with Crippen LogP contribution < -0.4 is 0 Å². The Bertz CT molecular complexity index is 783. The van der Waals surface area contributed by atoms with Crippen molar-refractivity contribution >= 4 is 23.4 Å². The summed E-state index contributed by atoms with van der Waals surface area (Å²) in [5.74, 6) is 2.77. The van der Waals surface area contributed by atoms with E-state index in [9.17, 15) is 0 Å². The van der Waals surface area contributed by atoms with Gasteiger partial charge in [0.25, 0.3) is 0 Å². The molecule has 0 aliphatic rings. The van der Waals surface area contributed by atoms with Gasteiger partial charge in [0.1, 0.15) is 10.9 Å². The molecule has 0 saturated heterocycles. The van der Waals surface area contributed by atoms with E-state index in [-0.39, 0.29) is 0 Å². The topological polar surface area (TPSA) is 51.8 Å². The minimum Gasteiger partial charge on any atom is -0.440 e. The van der Waals surface area contributed by atoms with Crippen molar-refractivity contribution in [2.24, 2.45) is 0 Å². The normalized spacial score (nSPS) is 10.9. The third kappa shape index (κ3) is 3.67. The molecule has 0 atom stereocenters. The maximum Gasteiger partial charge on any atom is 0.205 e. The molecule has 4 nitrogen and oxygen atoms in total. The van der Waals surface area contributed by atoms with Gasteiger partial charge in [-0.15, -0.1) is 0 Å². The number of benzene rings is 1. The molecule has 22 heavy (non-hydrogen) atoms. The van der Waals surface area contributed by atoms with Crippen LogP contribution in [0.25, 0.3) is 11.3 Å². The Kier molecular flexibility index (Phi) is 4.45. The average Bonchev–Trinajstić information content (AvgIpc) is 2.93. The van der Waals surface area contributed by atoms with Gasteiger partial charge in [0.2, 0.25) is 5.89 Å². The number of nitrogens with zero attached hydrogens (tertiary/aromatic N) is 3. The standard InChI is InChI=1S/C16H14ClN3OS/c1-10-6-16(20-11(2)19-10)22-9-15-18-8-14(21-15)12-4-3-5-13(17)7-12/h3-8H,9H2,1-2H3. The molecule has 0 unspecified atom stereocenters. The summed E-state index contributed by atoms with van der Waals surface area (Å²) in [4.78, 5) is 13.0. The average molecular weight is 332 g/mol. The third-order valence-corrected chi connectivity index (χ3v) is 4.08. The van der Waals surface area contributed by atoms with E-state index in [1.807, 2.05) is 44.2 Å². The van der Waals surface area contributed by atoms with Gasteiger partial charge < -0.3 is 4.42 Å². The molecule has 0 amide bonds. The molecule has 2 aromatic heterocycles. The zero-order valence-corrected chi connectivity index (χ0v) is 13.8. The summed E-state index contributed by atoms with van der Waals surface area (Å²) in [6.45, 7) is 3.85. The minimum atomic E-state index is 0.621. The summed E-state index contributed by atoms with van der Waals surface area (Å²) in [5, 5.41) is 1.60. The molecule has 0 radical (unpaired) electrons. The fourth-order valence-electron chi connectivity index (χ4n) is 2.04. The lowest BCUT2D eigenvalue weighted by atomic mass is 10.2. The number of hydrogen-bond acceptors (Lipinski definition) is 5. The third-order valence-electron chi connectivity index (χ3n) is 2.95. The summed E-state index contributed by atoms with van der Waals surface area (Å²) in [6.07, 6.45) is 1.72. The highest BCUT2D eigenvalue weighted by molar-refractivity contribution is 7.98. The molecule has 6 heteroatoms. The number of oxazole rings is 1. The monoisotopic (exact) mass is 331 g/mol. The van der Waals surface area contributed by atoms with E-state index in [0.717, 1.165) is 22.1 Å². The lowest BCUT2D eigenvalue weighted by Crippen LogP contribution is -1.92. The molecule has 0 spiro atoms. The molecule has 1 aromatic carbocycles. The van der Waals surface area contributed by atoms with E-state index in [0.29, 0.717) is 22.4 Å². The van der Waals surface area contributed by atoms with E-state index in [1.165, 1.54) is 0 Å². The zero-order chi connectivity index (χ0) is 15.5. The van der Waals surface area contributed by atoms with Crippen LogP contribution in [0.2, 0.25) is 5.02 Å². The van der Waals surface area contributed by atoms with E-state index in [4.69, 9.17) is 16.0 Å². The van der Waals surface area contributed by atoms with Crippen LogP contribution in [0.5, 0.6) is 0 Å². The molecule has 0 aliphatic heterocycles. The van der Waals surface area contributed by atoms with Crippen molar-refractivity contribution in [3.8, 4) is 11.3 Å². The van der Waals surface area contributed by atoms with Gasteiger partial charge in [0, 0.05) is 16.3 Å². The Morgan fingerprint density at radius 1 is 1.18 bits per heavy atom. The molecule has 3 aromatic rings. The van der Waals surface area contributed by atoms with Crippen molar-refractivity contribution in [3.63, 3.8) is 0 Å². The number of thioether (sulfide) groups is 1. The number of halogens is 1. The fourth-order valence-corrected chi connectivity index (χ4v) is 3.09. The van der Waals surface area contributed by atoms with Crippen molar-refractivity contribution in [1.82, 2.24) is 15.0 Å². The molecule has 0 N–H and O–H groups in total. The van der Waals surface area contributed by atoms with Gasteiger partial charge in [-0.05, 0) is 32.0 Å². The van der Waals surface area contributed by atoms with E-state index in [1.54, 1.807) is 18.0 Å². The van der Waals surface area contributed by atoms with Crippen LogP contribution in [0, 0.1) is 13.8 Å². The summed E-state index contributed by atoms with van der Waals surface area (Å²) in [5.41, 5.74) is 1.88. The first-order chi connectivity index (χ1) is 10.6. The molecule has 3 rings (SSSR count). The van der Waals surface area contributed by atoms with Crippen LogP contribution in [-0.4, -0.2) is 15.0 Å². The first-order valence-corrected chi connectivity index (χ1v) is 8.12. The van der Waals surface area contributed by atoms with E-state index < -0.39 is 0 Å². The van der Waals surface area contributed by atoms with Crippen molar-refractivity contribution in [2.45, 2.75) is 24.6 Å². The van der Waals surface area contributed by atoms with Gasteiger partial charge in [-0.25, -0.2) is 15.0 Å². The van der Waals surface area contributed by atoms with Gasteiger partial charge >= 0.3 is 0 Å². The molecular weight excluding hydrogens is 318 g/mol. The first-order valence-electron chi connectivity index (χ1n) is 6.76. The van der Waals surface area contributed by atoms with E-state index >= 15 is 0 Å². The van der Waals surface area contributed by atoms with Gasteiger partial charge in [0.05, 0.1) is 11.9 Å². The summed E-state index contributed by atoms with van der Waals surface area (Å²) >= 11 is 7.57. The quantitative estimate of drug-likeness (QED) is 0.512. The maximum absolute atomic E-state index is 5.99. The predicted octanol–water partition coefficient (Wildman–Crippen LogP) is 4.69. The SMILES string of the molecule is Cc1cc(SCc2ncc(-c3cccc(Cl)c3)o2)nc(C)n1. The molecule has 0 saturated carbocycles. The van der Waals surface area contributed by atoms with E-state index in [2.05, 4.69) is 15.0 Å². The van der Waals surface area contributed by atoms with Crippen LogP contribution in [0.1, 0.15) is 17.4 Å². The van der Waals surface area contributed by atoms with Crippen LogP contribution in [0.15, 0.2) is 46.0 Å². The largest absolute Gasteiger partial charge is 0.440 e. The van der Waals surface area contributed by atoms with Crippen LogP contribution in [0.3, 0.4) is 0 Å². The lowest BCUT2D eigenvalue weighted by molar-refractivity contribution is 0.530.